The number of aliphatic carboxylic acids is 1. The molecule has 0 unspecified atom stereocenters. The minimum Gasteiger partial charge on any atom is -0.478 e. The van der Waals surface area contributed by atoms with Crippen LogP contribution < -0.4 is 0 Å². The maximum atomic E-state index is 12.9. The summed E-state index contributed by atoms with van der Waals surface area (Å²) in [7, 11) is 0. The van der Waals surface area contributed by atoms with Gasteiger partial charge in [0, 0.05) is 6.08 Å². The molecule has 2 aromatic carbocycles. The van der Waals surface area contributed by atoms with Crippen molar-refractivity contribution in [1.82, 2.24) is 0 Å². The lowest BCUT2D eigenvalue weighted by molar-refractivity contribution is -0.131. The first-order valence-electron chi connectivity index (χ1n) is 6.49. The number of halogens is 1. The maximum absolute atomic E-state index is 12.9. The van der Waals surface area contributed by atoms with Gasteiger partial charge >= 0.3 is 5.97 Å². The van der Waals surface area contributed by atoms with Crippen LogP contribution in [0.1, 0.15) is 22.3 Å². The largest absolute Gasteiger partial charge is 0.478 e. The Kier molecular flexibility index (Phi) is 4.67. The Hall–Kier alpha value is -2.68. The second-order valence-electron chi connectivity index (χ2n) is 4.64. The molecular weight excluding hydrogens is 267 g/mol. The predicted octanol–water partition coefficient (Wildman–Crippen LogP) is 4.16. The summed E-state index contributed by atoms with van der Waals surface area (Å²) in [6.45, 7) is 3.75. The molecule has 0 radical (unpaired) electrons. The summed E-state index contributed by atoms with van der Waals surface area (Å²) in [6, 6.07) is 12.1. The number of rotatable bonds is 5. The van der Waals surface area contributed by atoms with Gasteiger partial charge in [-0.2, -0.15) is 0 Å². The van der Waals surface area contributed by atoms with Crippen molar-refractivity contribution >= 4 is 18.1 Å². The number of carboxylic acid groups (broad SMARTS) is 1. The van der Waals surface area contributed by atoms with Crippen LogP contribution in [0.3, 0.4) is 0 Å². The van der Waals surface area contributed by atoms with E-state index in [1.165, 1.54) is 12.1 Å². The summed E-state index contributed by atoms with van der Waals surface area (Å²) in [5.74, 6) is -1.24. The molecule has 0 amide bonds. The lowest BCUT2D eigenvalue weighted by atomic mass is 9.99. The fourth-order valence-corrected chi connectivity index (χ4v) is 2.06. The van der Waals surface area contributed by atoms with E-state index in [2.05, 4.69) is 6.58 Å². The Bertz CT molecular complexity index is 685. The van der Waals surface area contributed by atoms with E-state index in [1.807, 2.05) is 18.2 Å². The minimum atomic E-state index is -0.986. The van der Waals surface area contributed by atoms with Gasteiger partial charge < -0.3 is 5.11 Å². The number of carboxylic acids is 1. The monoisotopic (exact) mass is 282 g/mol. The average molecular weight is 282 g/mol. The van der Waals surface area contributed by atoms with E-state index in [0.717, 1.165) is 28.3 Å². The van der Waals surface area contributed by atoms with Crippen molar-refractivity contribution in [3.05, 3.63) is 83.2 Å². The van der Waals surface area contributed by atoms with Gasteiger partial charge in [0.1, 0.15) is 5.82 Å². The molecule has 0 aliphatic heterocycles. The lowest BCUT2D eigenvalue weighted by Crippen LogP contribution is -1.92. The first kappa shape index (κ1) is 14.7. The molecule has 3 heteroatoms. The Morgan fingerprint density at radius 2 is 1.76 bits per heavy atom. The van der Waals surface area contributed by atoms with E-state index in [1.54, 1.807) is 24.3 Å². The van der Waals surface area contributed by atoms with E-state index in [0.29, 0.717) is 6.42 Å². The van der Waals surface area contributed by atoms with E-state index < -0.39 is 5.97 Å². The van der Waals surface area contributed by atoms with Crippen molar-refractivity contribution in [3.8, 4) is 0 Å². The average Bonchev–Trinajstić information content (AvgIpc) is 2.48. The summed E-state index contributed by atoms with van der Waals surface area (Å²) in [6.07, 6.45) is 5.02. The fraction of sp³-hybridized carbons (Fsp3) is 0.0556. The molecule has 0 aromatic heterocycles. The summed E-state index contributed by atoms with van der Waals surface area (Å²) in [5, 5.41) is 8.67. The van der Waals surface area contributed by atoms with Gasteiger partial charge in [-0.25, -0.2) is 9.18 Å². The van der Waals surface area contributed by atoms with Crippen molar-refractivity contribution < 1.29 is 14.3 Å². The first-order valence-corrected chi connectivity index (χ1v) is 6.49. The Morgan fingerprint density at radius 3 is 2.38 bits per heavy atom. The van der Waals surface area contributed by atoms with E-state index >= 15 is 0 Å². The molecule has 2 aromatic rings. The van der Waals surface area contributed by atoms with Gasteiger partial charge in [0.25, 0.3) is 0 Å². The van der Waals surface area contributed by atoms with Gasteiger partial charge in [-0.3, -0.25) is 0 Å². The second-order valence-corrected chi connectivity index (χ2v) is 4.64. The molecule has 106 valence electrons. The normalized spacial score (nSPS) is 10.7. The third-order valence-electron chi connectivity index (χ3n) is 3.10. The molecule has 0 aliphatic rings. The zero-order valence-corrected chi connectivity index (χ0v) is 11.4. The molecule has 1 N–H and O–H groups in total. The lowest BCUT2D eigenvalue weighted by Gasteiger charge is -2.06. The molecule has 0 saturated heterocycles. The topological polar surface area (TPSA) is 37.3 Å². The first-order chi connectivity index (χ1) is 10.1. The Morgan fingerprint density at radius 1 is 1.10 bits per heavy atom. The number of carbonyl (C=O) groups is 1. The molecule has 2 rings (SSSR count). The molecule has 2 nitrogen and oxygen atoms in total. The summed E-state index contributed by atoms with van der Waals surface area (Å²) < 4.78 is 12.9. The number of benzene rings is 2. The summed E-state index contributed by atoms with van der Waals surface area (Å²) in [5.41, 5.74) is 3.74. The highest BCUT2D eigenvalue weighted by molar-refractivity contribution is 5.86. The van der Waals surface area contributed by atoms with Crippen LogP contribution in [-0.4, -0.2) is 11.1 Å². The van der Waals surface area contributed by atoms with Crippen molar-refractivity contribution in [2.45, 2.75) is 6.42 Å². The molecule has 0 heterocycles. The SMILES string of the molecule is C=Cc1cc(Cc2ccc(F)cc2)ccc1C=CC(=O)O. The van der Waals surface area contributed by atoms with Gasteiger partial charge in [0.15, 0.2) is 0 Å². The van der Waals surface area contributed by atoms with E-state index in [4.69, 9.17) is 5.11 Å². The number of hydrogen-bond donors (Lipinski definition) is 1. The third kappa shape index (κ3) is 4.14. The molecule has 21 heavy (non-hydrogen) atoms. The van der Waals surface area contributed by atoms with Crippen molar-refractivity contribution in [3.63, 3.8) is 0 Å². The van der Waals surface area contributed by atoms with Crippen molar-refractivity contribution in [2.24, 2.45) is 0 Å². The van der Waals surface area contributed by atoms with Gasteiger partial charge in [-0.1, -0.05) is 43.0 Å². The molecule has 0 atom stereocenters. The zero-order chi connectivity index (χ0) is 15.2. The van der Waals surface area contributed by atoms with Crippen LogP contribution >= 0.6 is 0 Å². The standard InChI is InChI=1S/C18H15FO2/c1-2-15-12-14(3-6-16(15)7-10-18(20)21)11-13-4-8-17(19)9-5-13/h2-10,12H,1,11H2,(H,20,21). The van der Waals surface area contributed by atoms with Crippen LogP contribution in [0.5, 0.6) is 0 Å². The van der Waals surface area contributed by atoms with E-state index in [-0.39, 0.29) is 5.82 Å². The minimum absolute atomic E-state index is 0.250. The highest BCUT2D eigenvalue weighted by Crippen LogP contribution is 2.18. The molecule has 0 aliphatic carbocycles. The van der Waals surface area contributed by atoms with Crippen molar-refractivity contribution in [2.75, 3.05) is 0 Å². The van der Waals surface area contributed by atoms with Crippen LogP contribution in [0, 0.1) is 5.82 Å². The zero-order valence-electron chi connectivity index (χ0n) is 11.4. The molecule has 0 fully saturated rings. The summed E-state index contributed by atoms with van der Waals surface area (Å²) >= 11 is 0. The maximum Gasteiger partial charge on any atom is 0.328 e. The Balaban J connectivity index is 2.24. The molecule has 0 spiro atoms. The molecule has 0 saturated carbocycles. The van der Waals surface area contributed by atoms with E-state index in [9.17, 15) is 9.18 Å². The van der Waals surface area contributed by atoms with Crippen LogP contribution in [0.2, 0.25) is 0 Å². The third-order valence-corrected chi connectivity index (χ3v) is 3.10. The number of hydrogen-bond acceptors (Lipinski definition) is 1. The van der Waals surface area contributed by atoms with Crippen LogP contribution in [-0.2, 0) is 11.2 Å². The quantitative estimate of drug-likeness (QED) is 0.836. The van der Waals surface area contributed by atoms with Gasteiger partial charge in [-0.15, -0.1) is 0 Å². The Labute approximate surface area is 122 Å². The predicted molar refractivity (Wildman–Crippen MR) is 82.4 cm³/mol. The van der Waals surface area contributed by atoms with Gasteiger partial charge in [0.05, 0.1) is 0 Å². The molecular formula is C18H15FO2. The van der Waals surface area contributed by atoms with Crippen LogP contribution in [0.15, 0.2) is 55.1 Å². The highest BCUT2D eigenvalue weighted by Gasteiger charge is 2.02. The van der Waals surface area contributed by atoms with Crippen LogP contribution in [0.25, 0.3) is 12.2 Å². The highest BCUT2D eigenvalue weighted by atomic mass is 19.1. The van der Waals surface area contributed by atoms with Crippen molar-refractivity contribution in [1.29, 1.82) is 0 Å². The van der Waals surface area contributed by atoms with Gasteiger partial charge in [-0.05, 0) is 46.9 Å². The second kappa shape index (κ2) is 6.66. The molecule has 0 bridgehead atoms. The summed E-state index contributed by atoms with van der Waals surface area (Å²) in [4.78, 5) is 10.6. The van der Waals surface area contributed by atoms with Gasteiger partial charge in [0.2, 0.25) is 0 Å². The fourth-order valence-electron chi connectivity index (χ4n) is 2.06. The van der Waals surface area contributed by atoms with Crippen LogP contribution in [0.4, 0.5) is 4.39 Å². The smallest absolute Gasteiger partial charge is 0.328 e.